The third-order valence-electron chi connectivity index (χ3n) is 5.64. The van der Waals surface area contributed by atoms with Crippen molar-refractivity contribution in [1.29, 1.82) is 0 Å². The summed E-state index contributed by atoms with van der Waals surface area (Å²) >= 11 is 1.34. The van der Waals surface area contributed by atoms with Crippen LogP contribution in [0.5, 0.6) is 0 Å². The molecule has 0 saturated heterocycles. The van der Waals surface area contributed by atoms with Crippen molar-refractivity contribution in [1.82, 2.24) is 9.80 Å². The lowest BCUT2D eigenvalue weighted by Gasteiger charge is -2.30. The number of esters is 1. The maximum Gasteiger partial charge on any atom is 0.341 e. The molecule has 162 valence electrons. The van der Waals surface area contributed by atoms with E-state index < -0.39 is 30.2 Å². The van der Waals surface area contributed by atoms with E-state index >= 15 is 0 Å². The summed E-state index contributed by atoms with van der Waals surface area (Å²) in [5.41, 5.74) is 1.83. The number of nitrogens with one attached hydrogen (secondary N) is 1. The summed E-state index contributed by atoms with van der Waals surface area (Å²) in [6.45, 7) is 5.31. The predicted molar refractivity (Wildman–Crippen MR) is 115 cm³/mol. The zero-order chi connectivity index (χ0) is 22.3. The first-order valence-electron chi connectivity index (χ1n) is 10.0. The van der Waals surface area contributed by atoms with Gasteiger partial charge in [-0.2, -0.15) is 0 Å². The average Bonchev–Trinajstić information content (AvgIpc) is 3.23. The fourth-order valence-electron chi connectivity index (χ4n) is 3.96. The summed E-state index contributed by atoms with van der Waals surface area (Å²) in [4.78, 5) is 54.5. The van der Waals surface area contributed by atoms with Crippen LogP contribution in [-0.2, 0) is 22.5 Å². The standard InChI is InChI=1S/C22H23N3O5S/c1-12(2)24-9-8-15-16(10-24)31-19(18(15)22(29)30-3)23-17(26)11-25-20(27)13-6-4-5-7-14(13)21(25)28/h4-7,12H,8-11H2,1-3H3,(H,23,26). The van der Waals surface area contributed by atoms with E-state index in [9.17, 15) is 19.2 Å². The molecule has 31 heavy (non-hydrogen) atoms. The van der Waals surface area contributed by atoms with Gasteiger partial charge in [-0.15, -0.1) is 11.3 Å². The van der Waals surface area contributed by atoms with E-state index in [0.29, 0.717) is 29.6 Å². The summed E-state index contributed by atoms with van der Waals surface area (Å²) in [5.74, 6) is -2.05. The molecule has 9 heteroatoms. The Labute approximate surface area is 183 Å². The monoisotopic (exact) mass is 441 g/mol. The van der Waals surface area contributed by atoms with Crippen molar-refractivity contribution in [3.05, 3.63) is 51.4 Å². The predicted octanol–water partition coefficient (Wildman–Crippen LogP) is 2.54. The first kappa shape index (κ1) is 21.2. The second-order valence-electron chi connectivity index (χ2n) is 7.80. The van der Waals surface area contributed by atoms with Gasteiger partial charge in [0.05, 0.1) is 23.8 Å². The lowest BCUT2D eigenvalue weighted by atomic mass is 10.0. The van der Waals surface area contributed by atoms with Crippen LogP contribution in [0.4, 0.5) is 5.00 Å². The SMILES string of the molecule is COC(=O)c1c(NC(=O)CN2C(=O)c3ccccc3C2=O)sc2c1CCN(C(C)C)C2. The van der Waals surface area contributed by atoms with E-state index in [4.69, 9.17) is 4.74 Å². The van der Waals surface area contributed by atoms with E-state index in [1.165, 1.54) is 18.4 Å². The molecule has 0 bridgehead atoms. The van der Waals surface area contributed by atoms with Crippen LogP contribution in [0.3, 0.4) is 0 Å². The zero-order valence-corrected chi connectivity index (χ0v) is 18.4. The molecule has 2 aromatic rings. The fourth-order valence-corrected chi connectivity index (χ4v) is 5.24. The van der Waals surface area contributed by atoms with Gasteiger partial charge in [0.2, 0.25) is 5.91 Å². The number of fused-ring (bicyclic) bond motifs is 2. The number of imide groups is 1. The number of anilines is 1. The second kappa shape index (κ2) is 8.24. The third kappa shape index (κ3) is 3.75. The third-order valence-corrected chi connectivity index (χ3v) is 6.77. The van der Waals surface area contributed by atoms with E-state index in [-0.39, 0.29) is 11.1 Å². The van der Waals surface area contributed by atoms with Crippen LogP contribution in [0.15, 0.2) is 24.3 Å². The van der Waals surface area contributed by atoms with Crippen LogP contribution in [-0.4, -0.2) is 59.7 Å². The van der Waals surface area contributed by atoms with Gasteiger partial charge in [-0.3, -0.25) is 24.2 Å². The van der Waals surface area contributed by atoms with Crippen LogP contribution in [0.2, 0.25) is 0 Å². The summed E-state index contributed by atoms with van der Waals surface area (Å²) in [7, 11) is 1.31. The van der Waals surface area contributed by atoms with E-state index in [1.807, 2.05) is 0 Å². The molecule has 4 rings (SSSR count). The molecule has 0 atom stereocenters. The largest absolute Gasteiger partial charge is 0.465 e. The molecule has 1 N–H and O–H groups in total. The van der Waals surface area contributed by atoms with E-state index in [0.717, 1.165) is 21.9 Å². The molecule has 2 aliphatic heterocycles. The molecule has 3 heterocycles. The van der Waals surface area contributed by atoms with Crippen molar-refractivity contribution in [2.45, 2.75) is 32.9 Å². The lowest BCUT2D eigenvalue weighted by Crippen LogP contribution is -2.37. The fraction of sp³-hybridized carbons (Fsp3) is 0.364. The normalized spacial score (nSPS) is 15.8. The maximum atomic E-state index is 12.7. The smallest absolute Gasteiger partial charge is 0.341 e. The minimum absolute atomic E-state index is 0.288. The minimum atomic E-state index is -0.543. The van der Waals surface area contributed by atoms with Gasteiger partial charge in [0.15, 0.2) is 0 Å². The first-order valence-corrected chi connectivity index (χ1v) is 10.9. The second-order valence-corrected chi connectivity index (χ2v) is 8.91. The summed E-state index contributed by atoms with van der Waals surface area (Å²) < 4.78 is 4.95. The van der Waals surface area contributed by atoms with Crippen molar-refractivity contribution in [2.24, 2.45) is 0 Å². The molecule has 0 spiro atoms. The van der Waals surface area contributed by atoms with Crippen LogP contribution in [0.25, 0.3) is 0 Å². The number of nitrogens with zero attached hydrogens (tertiary/aromatic N) is 2. The zero-order valence-electron chi connectivity index (χ0n) is 17.6. The lowest BCUT2D eigenvalue weighted by molar-refractivity contribution is -0.116. The number of carbonyl (C=O) groups excluding carboxylic acids is 4. The number of benzene rings is 1. The molecule has 0 saturated carbocycles. The van der Waals surface area contributed by atoms with Crippen LogP contribution >= 0.6 is 11.3 Å². The topological polar surface area (TPSA) is 96.0 Å². The Hall–Kier alpha value is -3.04. The highest BCUT2D eigenvalue weighted by Crippen LogP contribution is 2.38. The Morgan fingerprint density at radius 1 is 1.16 bits per heavy atom. The van der Waals surface area contributed by atoms with Gasteiger partial charge >= 0.3 is 5.97 Å². The Bertz CT molecular complexity index is 1060. The molecule has 1 aromatic heterocycles. The van der Waals surface area contributed by atoms with Gasteiger partial charge < -0.3 is 10.1 Å². The van der Waals surface area contributed by atoms with Crippen molar-refractivity contribution in [2.75, 3.05) is 25.5 Å². The Balaban J connectivity index is 1.56. The minimum Gasteiger partial charge on any atom is -0.465 e. The molecular formula is C22H23N3O5S. The summed E-state index contributed by atoms with van der Waals surface area (Å²) in [6, 6.07) is 6.84. The van der Waals surface area contributed by atoms with Crippen molar-refractivity contribution in [3.63, 3.8) is 0 Å². The number of hydrogen-bond acceptors (Lipinski definition) is 7. The molecule has 2 aliphatic rings. The van der Waals surface area contributed by atoms with Gasteiger partial charge in [-0.05, 0) is 38.0 Å². The van der Waals surface area contributed by atoms with Crippen molar-refractivity contribution in [3.8, 4) is 0 Å². The number of amides is 3. The van der Waals surface area contributed by atoms with E-state index in [1.54, 1.807) is 24.3 Å². The van der Waals surface area contributed by atoms with Crippen LogP contribution < -0.4 is 5.32 Å². The van der Waals surface area contributed by atoms with Crippen molar-refractivity contribution < 1.29 is 23.9 Å². The number of carbonyl (C=O) groups is 4. The van der Waals surface area contributed by atoms with Gasteiger partial charge in [0.25, 0.3) is 11.8 Å². The van der Waals surface area contributed by atoms with Gasteiger partial charge in [0, 0.05) is 24.0 Å². The number of rotatable bonds is 5. The number of hydrogen-bond donors (Lipinski definition) is 1. The molecule has 8 nitrogen and oxygen atoms in total. The highest BCUT2D eigenvalue weighted by Gasteiger charge is 2.37. The first-order chi connectivity index (χ1) is 14.8. The Morgan fingerprint density at radius 2 is 1.81 bits per heavy atom. The number of methoxy groups -OCH3 is 1. The van der Waals surface area contributed by atoms with Gasteiger partial charge in [-0.25, -0.2) is 4.79 Å². The molecule has 0 radical (unpaired) electrons. The molecule has 1 aromatic carbocycles. The van der Waals surface area contributed by atoms with Crippen molar-refractivity contribution >= 4 is 40.0 Å². The molecule has 0 aliphatic carbocycles. The highest BCUT2D eigenvalue weighted by atomic mass is 32.1. The van der Waals surface area contributed by atoms with Gasteiger partial charge in [-0.1, -0.05) is 12.1 Å². The maximum absolute atomic E-state index is 12.7. The molecular weight excluding hydrogens is 418 g/mol. The Kier molecular flexibility index (Phi) is 5.63. The van der Waals surface area contributed by atoms with Crippen LogP contribution in [0.1, 0.15) is 55.4 Å². The highest BCUT2D eigenvalue weighted by molar-refractivity contribution is 7.17. The average molecular weight is 442 g/mol. The summed E-state index contributed by atoms with van der Waals surface area (Å²) in [6.07, 6.45) is 0.683. The molecule has 3 amide bonds. The summed E-state index contributed by atoms with van der Waals surface area (Å²) in [5, 5.41) is 3.13. The Morgan fingerprint density at radius 3 is 2.39 bits per heavy atom. The van der Waals surface area contributed by atoms with Gasteiger partial charge in [0.1, 0.15) is 11.5 Å². The quantitative estimate of drug-likeness (QED) is 0.566. The molecule has 0 unspecified atom stereocenters. The number of ether oxygens (including phenoxy) is 1. The van der Waals surface area contributed by atoms with E-state index in [2.05, 4.69) is 24.1 Å². The van der Waals surface area contributed by atoms with Crippen LogP contribution in [0, 0.1) is 0 Å². The number of thiophene rings is 1. The molecule has 0 fully saturated rings.